The molecule has 0 aromatic rings. The second-order valence-electron chi connectivity index (χ2n) is 8.70. The number of rotatable bonds is 10. The van der Waals surface area contributed by atoms with Crippen LogP contribution < -0.4 is 21.3 Å². The molecule has 35 heavy (non-hydrogen) atoms. The van der Waals surface area contributed by atoms with E-state index in [1.54, 1.807) is 19.1 Å². The van der Waals surface area contributed by atoms with E-state index in [0.717, 1.165) is 25.7 Å². The van der Waals surface area contributed by atoms with Crippen molar-refractivity contribution in [3.05, 3.63) is 36.5 Å². The van der Waals surface area contributed by atoms with Crippen LogP contribution in [0.25, 0.3) is 0 Å². The van der Waals surface area contributed by atoms with Crippen molar-refractivity contribution in [3.8, 4) is 0 Å². The molecule has 0 fully saturated rings. The van der Waals surface area contributed by atoms with Crippen LogP contribution >= 0.6 is 0 Å². The molecule has 5 atom stereocenters. The molecule has 0 aliphatic carbocycles. The van der Waals surface area contributed by atoms with Crippen LogP contribution in [0.15, 0.2) is 36.5 Å². The molecule has 4 amide bonds. The van der Waals surface area contributed by atoms with E-state index < -0.39 is 48.1 Å². The van der Waals surface area contributed by atoms with Crippen LogP contribution in [0.5, 0.6) is 0 Å². The van der Waals surface area contributed by atoms with E-state index in [2.05, 4.69) is 28.2 Å². The summed E-state index contributed by atoms with van der Waals surface area (Å²) in [5.41, 5.74) is 0. The third-order valence-corrected chi connectivity index (χ3v) is 5.36. The van der Waals surface area contributed by atoms with Crippen molar-refractivity contribution in [2.75, 3.05) is 6.54 Å². The Morgan fingerprint density at radius 1 is 1.26 bits per heavy atom. The summed E-state index contributed by atoms with van der Waals surface area (Å²) in [7, 11) is 0. The lowest BCUT2D eigenvalue weighted by atomic mass is 10.0. The third kappa shape index (κ3) is 12.9. The van der Waals surface area contributed by atoms with Crippen LogP contribution in [-0.2, 0) is 19.2 Å². The van der Waals surface area contributed by atoms with Gasteiger partial charge in [0.1, 0.15) is 12.1 Å². The molecular formula is C25H40N4O6. The van der Waals surface area contributed by atoms with E-state index >= 15 is 0 Å². The van der Waals surface area contributed by atoms with Gasteiger partial charge in [0.25, 0.3) is 0 Å². The second kappa shape index (κ2) is 16.6. The Hall–Kier alpha value is -2.98. The van der Waals surface area contributed by atoms with Crippen LogP contribution in [0.3, 0.4) is 0 Å². The largest absolute Gasteiger partial charge is 0.393 e. The predicted molar refractivity (Wildman–Crippen MR) is 133 cm³/mol. The maximum Gasteiger partial charge on any atom is 0.245 e. The molecule has 1 rings (SSSR count). The lowest BCUT2D eigenvalue weighted by molar-refractivity contribution is -0.134. The number of aliphatic hydroxyl groups is 2. The standard InChI is InChI=1S/C25H40N4O6/c1-4-5-6-7-8-9-10-11-22(33)29-23(18(3)30)25(35)28-20-16-19(31)14-15-26-21(32)13-12-17(2)27-24(20)34/h8-13,17-20,23,30-31H,4-7,14-16H2,1-3H3,(H,26,32)(H,27,34)(H,28,35)(H,29,33)/b9-8-,11-10+,13-12-/t17-,18-,19+,20+,23-/m1/s1. The van der Waals surface area contributed by atoms with Crippen molar-refractivity contribution in [1.82, 2.24) is 21.3 Å². The lowest BCUT2D eigenvalue weighted by Crippen LogP contribution is -2.58. The molecule has 1 heterocycles. The number of unbranched alkanes of at least 4 members (excludes halogenated alkanes) is 3. The van der Waals surface area contributed by atoms with Gasteiger partial charge in [-0.15, -0.1) is 0 Å². The summed E-state index contributed by atoms with van der Waals surface area (Å²) < 4.78 is 0. The zero-order valence-corrected chi connectivity index (χ0v) is 20.8. The minimum Gasteiger partial charge on any atom is -0.393 e. The fraction of sp³-hybridized carbons (Fsp3) is 0.600. The highest BCUT2D eigenvalue weighted by atomic mass is 16.3. The molecular weight excluding hydrogens is 452 g/mol. The van der Waals surface area contributed by atoms with Gasteiger partial charge in [0.15, 0.2) is 0 Å². The van der Waals surface area contributed by atoms with Gasteiger partial charge in [0, 0.05) is 31.2 Å². The van der Waals surface area contributed by atoms with Crippen molar-refractivity contribution in [1.29, 1.82) is 0 Å². The summed E-state index contributed by atoms with van der Waals surface area (Å²) in [6.45, 7) is 5.34. The molecule has 196 valence electrons. The zero-order chi connectivity index (χ0) is 26.2. The monoisotopic (exact) mass is 492 g/mol. The maximum absolute atomic E-state index is 12.9. The zero-order valence-electron chi connectivity index (χ0n) is 20.8. The first-order valence-electron chi connectivity index (χ1n) is 12.2. The number of aliphatic hydroxyl groups excluding tert-OH is 2. The molecule has 10 nitrogen and oxygen atoms in total. The van der Waals surface area contributed by atoms with E-state index in [0.29, 0.717) is 0 Å². The molecule has 0 radical (unpaired) electrons. The minimum atomic E-state index is -1.30. The number of hydrogen-bond donors (Lipinski definition) is 6. The Bertz CT molecular complexity index is 793. The van der Waals surface area contributed by atoms with Gasteiger partial charge in [-0.05, 0) is 33.1 Å². The highest BCUT2D eigenvalue weighted by Gasteiger charge is 2.31. The maximum atomic E-state index is 12.9. The number of allylic oxidation sites excluding steroid dienone is 3. The van der Waals surface area contributed by atoms with Crippen LogP contribution in [0.4, 0.5) is 0 Å². The van der Waals surface area contributed by atoms with Gasteiger partial charge in [-0.2, -0.15) is 0 Å². The Morgan fingerprint density at radius 2 is 2.00 bits per heavy atom. The predicted octanol–water partition coefficient (Wildman–Crippen LogP) is 0.361. The molecule has 0 saturated carbocycles. The topological polar surface area (TPSA) is 157 Å². The summed E-state index contributed by atoms with van der Waals surface area (Å²) in [4.78, 5) is 49.5. The molecule has 0 aromatic heterocycles. The van der Waals surface area contributed by atoms with E-state index in [-0.39, 0.29) is 25.3 Å². The molecule has 6 N–H and O–H groups in total. The van der Waals surface area contributed by atoms with Gasteiger partial charge < -0.3 is 31.5 Å². The van der Waals surface area contributed by atoms with E-state index in [9.17, 15) is 29.4 Å². The van der Waals surface area contributed by atoms with Crippen molar-refractivity contribution < 1.29 is 29.4 Å². The lowest BCUT2D eigenvalue weighted by Gasteiger charge is -2.26. The number of nitrogens with one attached hydrogen (secondary N) is 4. The first-order valence-corrected chi connectivity index (χ1v) is 12.2. The fourth-order valence-corrected chi connectivity index (χ4v) is 3.35. The molecule has 10 heteroatoms. The third-order valence-electron chi connectivity index (χ3n) is 5.36. The van der Waals surface area contributed by atoms with Crippen molar-refractivity contribution in [2.24, 2.45) is 0 Å². The van der Waals surface area contributed by atoms with Gasteiger partial charge in [-0.25, -0.2) is 0 Å². The summed E-state index contributed by atoms with van der Waals surface area (Å²) in [5.74, 6) is -2.21. The Kier molecular flexibility index (Phi) is 14.3. The Morgan fingerprint density at radius 3 is 2.69 bits per heavy atom. The van der Waals surface area contributed by atoms with E-state index in [4.69, 9.17) is 0 Å². The summed E-state index contributed by atoms with van der Waals surface area (Å²) in [5, 5.41) is 30.6. The number of carbonyl (C=O) groups is 4. The highest BCUT2D eigenvalue weighted by Crippen LogP contribution is 2.06. The van der Waals surface area contributed by atoms with Crippen molar-refractivity contribution in [2.45, 2.75) is 89.6 Å². The Balaban J connectivity index is 2.81. The normalized spacial score (nSPS) is 24.5. The number of amides is 4. The van der Waals surface area contributed by atoms with E-state index in [1.807, 2.05) is 6.08 Å². The fourth-order valence-electron chi connectivity index (χ4n) is 3.35. The van der Waals surface area contributed by atoms with Gasteiger partial charge >= 0.3 is 0 Å². The van der Waals surface area contributed by atoms with Crippen LogP contribution in [-0.4, -0.2) is 70.7 Å². The number of carbonyl (C=O) groups excluding carboxylic acids is 4. The molecule has 0 unspecified atom stereocenters. The van der Waals surface area contributed by atoms with Gasteiger partial charge in [0.05, 0.1) is 12.2 Å². The number of hydrogen-bond acceptors (Lipinski definition) is 6. The van der Waals surface area contributed by atoms with Crippen LogP contribution in [0.2, 0.25) is 0 Å². The van der Waals surface area contributed by atoms with Gasteiger partial charge in [-0.3, -0.25) is 19.2 Å². The molecule has 0 aromatic carbocycles. The SMILES string of the molecule is CCCCC/C=C\C=C\C(=O)N[C@@H](C(=O)N[C@H]1C[C@@H](O)CCNC(=O)/C=C\[C@@H](C)NC1=O)[C@@H](C)O. The van der Waals surface area contributed by atoms with Crippen molar-refractivity contribution in [3.63, 3.8) is 0 Å². The summed E-state index contributed by atoms with van der Waals surface area (Å²) in [6.07, 6.45) is 11.4. The highest BCUT2D eigenvalue weighted by molar-refractivity contribution is 5.95. The first kappa shape index (κ1) is 30.1. The van der Waals surface area contributed by atoms with Gasteiger partial charge in [-0.1, -0.05) is 44.1 Å². The average molecular weight is 493 g/mol. The van der Waals surface area contributed by atoms with Crippen molar-refractivity contribution >= 4 is 23.6 Å². The van der Waals surface area contributed by atoms with E-state index in [1.165, 1.54) is 25.2 Å². The first-order chi connectivity index (χ1) is 16.6. The molecule has 0 saturated heterocycles. The van der Waals surface area contributed by atoms with Crippen LogP contribution in [0.1, 0.15) is 59.3 Å². The molecule has 0 bridgehead atoms. The molecule has 0 spiro atoms. The van der Waals surface area contributed by atoms with Gasteiger partial charge in [0.2, 0.25) is 23.6 Å². The molecule has 1 aliphatic rings. The quantitative estimate of drug-likeness (QED) is 0.147. The van der Waals surface area contributed by atoms with Crippen LogP contribution in [0, 0.1) is 0 Å². The minimum absolute atomic E-state index is 0.104. The molecule has 1 aliphatic heterocycles. The smallest absolute Gasteiger partial charge is 0.245 e. The Labute approximate surface area is 207 Å². The second-order valence-corrected chi connectivity index (χ2v) is 8.70. The summed E-state index contributed by atoms with van der Waals surface area (Å²) >= 11 is 0. The summed E-state index contributed by atoms with van der Waals surface area (Å²) in [6, 6.07) is -2.91. The average Bonchev–Trinajstić information content (AvgIpc) is 2.79.